The fraction of sp³-hybridized carbons (Fsp3) is 0.733. The predicted molar refractivity (Wildman–Crippen MR) is 78.6 cm³/mol. The van der Waals surface area contributed by atoms with Crippen molar-refractivity contribution in [1.82, 2.24) is 5.16 Å². The van der Waals surface area contributed by atoms with Gasteiger partial charge in [0.05, 0.1) is 7.11 Å². The molecule has 1 unspecified atom stereocenters. The van der Waals surface area contributed by atoms with E-state index < -0.39 is 12.2 Å². The molecule has 7 nitrogen and oxygen atoms in total. The molecule has 0 saturated heterocycles. The number of carbonyl (C=O) groups is 1. The summed E-state index contributed by atoms with van der Waals surface area (Å²) < 4.78 is 26.2. The van der Waals surface area contributed by atoms with Gasteiger partial charge >= 0.3 is 5.97 Å². The highest BCUT2D eigenvalue weighted by molar-refractivity contribution is 5.77. The first-order valence-corrected chi connectivity index (χ1v) is 7.43. The topological polar surface area (TPSA) is 80.0 Å². The van der Waals surface area contributed by atoms with Crippen molar-refractivity contribution >= 4 is 5.97 Å². The third-order valence-corrected chi connectivity index (χ3v) is 3.01. The maximum Gasteiger partial charge on any atom is 0.316 e. The van der Waals surface area contributed by atoms with Crippen LogP contribution in [-0.4, -0.2) is 44.3 Å². The van der Waals surface area contributed by atoms with Crippen molar-refractivity contribution in [2.24, 2.45) is 5.92 Å². The van der Waals surface area contributed by atoms with E-state index in [1.807, 2.05) is 27.7 Å². The summed E-state index contributed by atoms with van der Waals surface area (Å²) in [5.74, 6) is -0.147. The fourth-order valence-electron chi connectivity index (χ4n) is 2.00. The smallest absolute Gasteiger partial charge is 0.316 e. The molecule has 126 valence electrons. The van der Waals surface area contributed by atoms with Crippen molar-refractivity contribution in [2.75, 3.05) is 26.9 Å². The minimum atomic E-state index is -0.510. The lowest BCUT2D eigenvalue weighted by Gasteiger charge is -2.16. The average Bonchev–Trinajstić information content (AvgIpc) is 2.93. The molecule has 0 fully saturated rings. The van der Waals surface area contributed by atoms with E-state index in [-0.39, 0.29) is 24.4 Å². The van der Waals surface area contributed by atoms with Crippen LogP contribution in [0, 0.1) is 5.92 Å². The molecule has 0 aliphatic carbocycles. The van der Waals surface area contributed by atoms with Gasteiger partial charge in [0.2, 0.25) is 0 Å². The van der Waals surface area contributed by atoms with Gasteiger partial charge in [-0.05, 0) is 24.9 Å². The third kappa shape index (κ3) is 5.31. The highest BCUT2D eigenvalue weighted by Crippen LogP contribution is 2.28. The van der Waals surface area contributed by atoms with E-state index in [2.05, 4.69) is 5.16 Å². The van der Waals surface area contributed by atoms with Crippen molar-refractivity contribution in [3.05, 3.63) is 11.8 Å². The van der Waals surface area contributed by atoms with Crippen LogP contribution in [0.5, 0.6) is 5.88 Å². The quantitative estimate of drug-likeness (QED) is 0.484. The van der Waals surface area contributed by atoms with Crippen LogP contribution in [0.15, 0.2) is 10.6 Å². The Hall–Kier alpha value is -1.60. The van der Waals surface area contributed by atoms with Crippen LogP contribution in [0.4, 0.5) is 0 Å². The molecule has 1 atom stereocenters. The summed E-state index contributed by atoms with van der Waals surface area (Å²) in [5, 5.41) is 3.81. The van der Waals surface area contributed by atoms with Gasteiger partial charge in [-0.2, -0.15) is 0 Å². The van der Waals surface area contributed by atoms with Crippen molar-refractivity contribution in [2.45, 2.75) is 39.9 Å². The molecular formula is C15H25NO6. The van der Waals surface area contributed by atoms with E-state index >= 15 is 0 Å². The zero-order valence-electron chi connectivity index (χ0n) is 13.8. The first kappa shape index (κ1) is 18.4. The Morgan fingerprint density at radius 1 is 1.27 bits per heavy atom. The number of nitrogens with zero attached hydrogens (tertiary/aromatic N) is 1. The molecule has 0 aliphatic heterocycles. The Morgan fingerprint density at radius 3 is 2.41 bits per heavy atom. The Morgan fingerprint density at radius 2 is 1.91 bits per heavy atom. The number of carbonyl (C=O) groups excluding carboxylic acids is 1. The SMILES string of the molecule is CCOC(COc1cc(C(C(=O)OC)C(C)C)on1)OCC. The molecular weight excluding hydrogens is 290 g/mol. The van der Waals surface area contributed by atoms with Crippen LogP contribution in [0.1, 0.15) is 39.4 Å². The van der Waals surface area contributed by atoms with E-state index in [1.54, 1.807) is 6.07 Å². The molecule has 0 spiro atoms. The van der Waals surface area contributed by atoms with Gasteiger partial charge < -0.3 is 23.5 Å². The Kier molecular flexibility index (Phi) is 7.90. The van der Waals surface area contributed by atoms with Gasteiger partial charge in [-0.1, -0.05) is 13.8 Å². The lowest BCUT2D eigenvalue weighted by atomic mass is 9.93. The van der Waals surface area contributed by atoms with Crippen LogP contribution in [0.2, 0.25) is 0 Å². The Balaban J connectivity index is 2.68. The number of esters is 1. The van der Waals surface area contributed by atoms with Crippen LogP contribution in [-0.2, 0) is 19.0 Å². The van der Waals surface area contributed by atoms with Crippen LogP contribution in [0.25, 0.3) is 0 Å². The normalized spacial score (nSPS) is 12.7. The summed E-state index contributed by atoms with van der Waals surface area (Å²) in [5.41, 5.74) is 0. The molecule has 0 saturated carbocycles. The lowest BCUT2D eigenvalue weighted by Crippen LogP contribution is -2.25. The molecule has 0 aliphatic rings. The standard InChI is InChI=1S/C15H25NO6/c1-6-19-13(20-7-2)9-21-12-8-11(22-16-12)14(10(3)4)15(17)18-5/h8,10,13-14H,6-7,9H2,1-5H3. The molecule has 7 heteroatoms. The van der Waals surface area contributed by atoms with E-state index in [1.165, 1.54) is 7.11 Å². The molecule has 0 bridgehead atoms. The van der Waals surface area contributed by atoms with Gasteiger partial charge in [-0.3, -0.25) is 4.79 Å². The second kappa shape index (κ2) is 9.42. The predicted octanol–water partition coefficient (Wildman–Crippen LogP) is 2.37. The molecule has 1 aromatic rings. The summed E-state index contributed by atoms with van der Waals surface area (Å²) in [6.07, 6.45) is -0.461. The Bertz CT molecular complexity index is 439. The van der Waals surface area contributed by atoms with Crippen molar-refractivity contribution in [3.63, 3.8) is 0 Å². The molecule has 0 radical (unpaired) electrons. The maximum absolute atomic E-state index is 11.8. The minimum absolute atomic E-state index is 0.0212. The molecule has 0 N–H and O–H groups in total. The molecule has 1 heterocycles. The maximum atomic E-state index is 11.8. The molecule has 0 amide bonds. The third-order valence-electron chi connectivity index (χ3n) is 3.01. The van der Waals surface area contributed by atoms with E-state index in [0.29, 0.717) is 19.0 Å². The molecule has 22 heavy (non-hydrogen) atoms. The van der Waals surface area contributed by atoms with Crippen molar-refractivity contribution in [3.8, 4) is 5.88 Å². The van der Waals surface area contributed by atoms with Crippen LogP contribution in [0.3, 0.4) is 0 Å². The molecule has 1 rings (SSSR count). The second-order valence-electron chi connectivity index (χ2n) is 4.96. The molecule has 1 aromatic heterocycles. The summed E-state index contributed by atoms with van der Waals surface area (Å²) in [6, 6.07) is 1.59. The Labute approximate surface area is 130 Å². The fourth-order valence-corrected chi connectivity index (χ4v) is 2.00. The zero-order valence-corrected chi connectivity index (χ0v) is 13.8. The largest absolute Gasteiger partial charge is 0.470 e. The summed E-state index contributed by atoms with van der Waals surface area (Å²) in [6.45, 7) is 8.81. The lowest BCUT2D eigenvalue weighted by molar-refractivity contribution is -0.153. The van der Waals surface area contributed by atoms with Gasteiger partial charge in [0, 0.05) is 19.3 Å². The van der Waals surface area contributed by atoms with Gasteiger partial charge in [0.1, 0.15) is 12.5 Å². The number of hydrogen-bond donors (Lipinski definition) is 0. The first-order valence-electron chi connectivity index (χ1n) is 7.43. The average molecular weight is 315 g/mol. The summed E-state index contributed by atoms with van der Waals surface area (Å²) in [4.78, 5) is 11.8. The highest BCUT2D eigenvalue weighted by atomic mass is 16.7. The van der Waals surface area contributed by atoms with Crippen molar-refractivity contribution < 1.29 is 28.3 Å². The van der Waals surface area contributed by atoms with Gasteiger partial charge in [-0.15, -0.1) is 0 Å². The highest BCUT2D eigenvalue weighted by Gasteiger charge is 2.29. The van der Waals surface area contributed by atoms with Crippen molar-refractivity contribution in [1.29, 1.82) is 0 Å². The first-order chi connectivity index (χ1) is 10.5. The second-order valence-corrected chi connectivity index (χ2v) is 4.96. The van der Waals surface area contributed by atoms with Crippen LogP contribution < -0.4 is 4.74 Å². The summed E-state index contributed by atoms with van der Waals surface area (Å²) >= 11 is 0. The number of rotatable bonds is 10. The van der Waals surface area contributed by atoms with E-state index in [0.717, 1.165) is 0 Å². The minimum Gasteiger partial charge on any atom is -0.470 e. The van der Waals surface area contributed by atoms with Gasteiger partial charge in [0.25, 0.3) is 5.88 Å². The van der Waals surface area contributed by atoms with Gasteiger partial charge in [0.15, 0.2) is 12.1 Å². The monoisotopic (exact) mass is 315 g/mol. The summed E-state index contributed by atoms with van der Waals surface area (Å²) in [7, 11) is 1.35. The van der Waals surface area contributed by atoms with E-state index in [4.69, 9.17) is 23.5 Å². The number of hydrogen-bond acceptors (Lipinski definition) is 7. The molecule has 0 aromatic carbocycles. The zero-order chi connectivity index (χ0) is 16.5. The number of ether oxygens (including phenoxy) is 4. The van der Waals surface area contributed by atoms with Crippen LogP contribution >= 0.6 is 0 Å². The van der Waals surface area contributed by atoms with E-state index in [9.17, 15) is 4.79 Å². The number of aromatic nitrogens is 1. The number of methoxy groups -OCH3 is 1. The van der Waals surface area contributed by atoms with Gasteiger partial charge in [-0.25, -0.2) is 0 Å².